The molecule has 2 aromatic rings. The number of aryl methyl sites for hydroxylation is 3. The largest absolute Gasteiger partial charge is 0.504 e. The normalized spacial score (nSPS) is 10.9. The van der Waals surface area contributed by atoms with Crippen molar-refractivity contribution in [1.29, 1.82) is 0 Å². The van der Waals surface area contributed by atoms with Crippen LogP contribution in [0, 0.1) is 20.8 Å². The molecule has 2 aromatic carbocycles. The summed E-state index contributed by atoms with van der Waals surface area (Å²) in [7, 11) is 0. The van der Waals surface area contributed by atoms with Gasteiger partial charge in [-0.15, -0.1) is 0 Å². The lowest BCUT2D eigenvalue weighted by molar-refractivity contribution is -0.114. The van der Waals surface area contributed by atoms with Gasteiger partial charge in [-0.05, 0) is 51.0 Å². The van der Waals surface area contributed by atoms with Gasteiger partial charge in [0.25, 0.3) is 0 Å². The molecule has 2 N–H and O–H groups in total. The van der Waals surface area contributed by atoms with E-state index in [4.69, 9.17) is 4.74 Å². The maximum absolute atomic E-state index is 12.1. The van der Waals surface area contributed by atoms with Crippen LogP contribution in [-0.2, 0) is 4.79 Å². The average molecular weight is 340 g/mol. The number of phenolic OH excluding ortho intramolecular Hbond substituents is 1. The Bertz CT molecular complexity index is 775. The van der Waals surface area contributed by atoms with Gasteiger partial charge in [0.15, 0.2) is 11.5 Å². The van der Waals surface area contributed by atoms with E-state index in [9.17, 15) is 9.90 Å². The van der Waals surface area contributed by atoms with Crippen LogP contribution < -0.4 is 10.1 Å². The molecular weight excluding hydrogens is 316 g/mol. The summed E-state index contributed by atoms with van der Waals surface area (Å²) in [5.74, 6) is 0.229. The third-order valence-electron chi connectivity index (χ3n) is 3.74. The molecule has 0 aliphatic carbocycles. The summed E-state index contributed by atoms with van der Waals surface area (Å²) in [4.78, 5) is 16.3. The molecule has 132 valence electrons. The van der Waals surface area contributed by atoms with Crippen LogP contribution in [0.4, 0.5) is 5.69 Å². The second-order valence-corrected chi connectivity index (χ2v) is 5.92. The van der Waals surface area contributed by atoms with Gasteiger partial charge in [0.2, 0.25) is 5.91 Å². The predicted octanol–water partition coefficient (Wildman–Crippen LogP) is 3.77. The van der Waals surface area contributed by atoms with Crippen LogP contribution >= 0.6 is 0 Å². The number of anilines is 1. The van der Waals surface area contributed by atoms with E-state index in [1.807, 2.05) is 39.8 Å². The zero-order chi connectivity index (χ0) is 18.4. The van der Waals surface area contributed by atoms with Gasteiger partial charge in [-0.25, -0.2) is 0 Å². The lowest BCUT2D eigenvalue weighted by Crippen LogP contribution is -2.16. The molecule has 5 heteroatoms. The van der Waals surface area contributed by atoms with Crippen LogP contribution in [-0.4, -0.2) is 30.4 Å². The number of rotatable bonds is 6. The monoisotopic (exact) mass is 340 g/mol. The molecule has 0 unspecified atom stereocenters. The molecule has 0 radical (unpaired) electrons. The van der Waals surface area contributed by atoms with E-state index in [-0.39, 0.29) is 18.2 Å². The number of amides is 1. The van der Waals surface area contributed by atoms with Crippen molar-refractivity contribution in [3.05, 3.63) is 52.6 Å². The molecule has 0 aliphatic heterocycles. The topological polar surface area (TPSA) is 70.9 Å². The third-order valence-corrected chi connectivity index (χ3v) is 3.74. The summed E-state index contributed by atoms with van der Waals surface area (Å²) in [6.07, 6.45) is 1.48. The quantitative estimate of drug-likeness (QED) is 0.786. The molecule has 0 fully saturated rings. The highest BCUT2D eigenvalue weighted by atomic mass is 16.5. The third kappa shape index (κ3) is 4.83. The summed E-state index contributed by atoms with van der Waals surface area (Å²) in [6, 6.07) is 9.23. The molecule has 2 rings (SSSR count). The van der Waals surface area contributed by atoms with Crippen LogP contribution in [0.25, 0.3) is 0 Å². The SMILES string of the molecule is CCOc1cccc(C=NCC(=O)Nc2c(C)cc(C)cc2C)c1O. The number of benzene rings is 2. The minimum atomic E-state index is -0.202. The Morgan fingerprint density at radius 2 is 1.92 bits per heavy atom. The molecule has 0 heterocycles. The minimum absolute atomic E-state index is 0.0228. The smallest absolute Gasteiger partial charge is 0.246 e. The molecule has 25 heavy (non-hydrogen) atoms. The van der Waals surface area contributed by atoms with E-state index in [2.05, 4.69) is 10.3 Å². The van der Waals surface area contributed by atoms with E-state index in [0.29, 0.717) is 17.9 Å². The number of hydrogen-bond acceptors (Lipinski definition) is 4. The van der Waals surface area contributed by atoms with Gasteiger partial charge in [-0.1, -0.05) is 23.8 Å². The van der Waals surface area contributed by atoms with Crippen molar-refractivity contribution in [2.75, 3.05) is 18.5 Å². The van der Waals surface area contributed by atoms with Gasteiger partial charge in [-0.3, -0.25) is 9.79 Å². The van der Waals surface area contributed by atoms with E-state index < -0.39 is 0 Å². The van der Waals surface area contributed by atoms with E-state index >= 15 is 0 Å². The van der Waals surface area contributed by atoms with E-state index in [0.717, 1.165) is 22.4 Å². The first-order valence-corrected chi connectivity index (χ1v) is 8.24. The number of ether oxygens (including phenoxy) is 1. The number of aliphatic imine (C=N–C) groups is 1. The highest BCUT2D eigenvalue weighted by molar-refractivity contribution is 5.95. The zero-order valence-electron chi connectivity index (χ0n) is 15.1. The molecule has 0 aromatic heterocycles. The molecule has 0 atom stereocenters. The Morgan fingerprint density at radius 1 is 1.24 bits per heavy atom. The number of para-hydroxylation sites is 1. The molecule has 0 saturated carbocycles. The Labute approximate surface area is 148 Å². The van der Waals surface area contributed by atoms with Crippen LogP contribution in [0.3, 0.4) is 0 Å². The van der Waals surface area contributed by atoms with Gasteiger partial charge >= 0.3 is 0 Å². The van der Waals surface area contributed by atoms with Gasteiger partial charge in [-0.2, -0.15) is 0 Å². The van der Waals surface area contributed by atoms with Crippen molar-refractivity contribution < 1.29 is 14.6 Å². The standard InChI is InChI=1S/C20H24N2O3/c1-5-25-17-8-6-7-16(20(17)24)11-21-12-18(23)22-19-14(3)9-13(2)10-15(19)4/h6-11,24H,5,12H2,1-4H3,(H,22,23). The number of hydrogen-bond donors (Lipinski definition) is 2. The second-order valence-electron chi connectivity index (χ2n) is 5.92. The number of aromatic hydroxyl groups is 1. The number of carbonyl (C=O) groups excluding carboxylic acids is 1. The Kier molecular flexibility index (Phi) is 6.17. The Balaban J connectivity index is 2.03. The van der Waals surface area contributed by atoms with Gasteiger partial charge in [0.1, 0.15) is 6.54 Å². The molecule has 0 aliphatic rings. The second kappa shape index (κ2) is 8.33. The maximum atomic E-state index is 12.1. The highest BCUT2D eigenvalue weighted by Gasteiger charge is 2.08. The van der Waals surface area contributed by atoms with Crippen LogP contribution in [0.2, 0.25) is 0 Å². The van der Waals surface area contributed by atoms with Crippen molar-refractivity contribution >= 4 is 17.8 Å². The number of nitrogens with zero attached hydrogens (tertiary/aromatic N) is 1. The first kappa shape index (κ1) is 18.5. The van der Waals surface area contributed by atoms with Gasteiger partial charge in [0, 0.05) is 17.5 Å². The van der Waals surface area contributed by atoms with Crippen molar-refractivity contribution in [1.82, 2.24) is 0 Å². The van der Waals surface area contributed by atoms with E-state index in [1.54, 1.807) is 18.2 Å². The number of nitrogens with one attached hydrogen (secondary N) is 1. The maximum Gasteiger partial charge on any atom is 0.246 e. The number of carbonyl (C=O) groups is 1. The summed E-state index contributed by atoms with van der Waals surface area (Å²) in [5.41, 5.74) is 4.55. The summed E-state index contributed by atoms with van der Waals surface area (Å²) < 4.78 is 5.33. The average Bonchev–Trinajstić information content (AvgIpc) is 2.54. The Morgan fingerprint density at radius 3 is 2.56 bits per heavy atom. The molecular formula is C20H24N2O3. The van der Waals surface area contributed by atoms with Gasteiger partial charge in [0.05, 0.1) is 6.61 Å². The lowest BCUT2D eigenvalue weighted by atomic mass is 10.1. The minimum Gasteiger partial charge on any atom is -0.504 e. The fourth-order valence-electron chi connectivity index (χ4n) is 2.70. The van der Waals surface area contributed by atoms with Crippen molar-refractivity contribution in [3.63, 3.8) is 0 Å². The van der Waals surface area contributed by atoms with Gasteiger partial charge < -0.3 is 15.2 Å². The molecule has 0 saturated heterocycles. The molecule has 0 spiro atoms. The fourth-order valence-corrected chi connectivity index (χ4v) is 2.70. The van der Waals surface area contributed by atoms with E-state index in [1.165, 1.54) is 6.21 Å². The number of phenols is 1. The predicted molar refractivity (Wildman–Crippen MR) is 101 cm³/mol. The Hall–Kier alpha value is -2.82. The summed E-state index contributed by atoms with van der Waals surface area (Å²) >= 11 is 0. The highest BCUT2D eigenvalue weighted by Crippen LogP contribution is 2.28. The lowest BCUT2D eigenvalue weighted by Gasteiger charge is -2.12. The first-order valence-electron chi connectivity index (χ1n) is 8.24. The molecule has 0 bridgehead atoms. The molecule has 5 nitrogen and oxygen atoms in total. The van der Waals surface area contributed by atoms with Crippen molar-refractivity contribution in [2.24, 2.45) is 4.99 Å². The summed E-state index contributed by atoms with van der Waals surface area (Å²) in [5, 5.41) is 13.0. The fraction of sp³-hybridized carbons (Fsp3) is 0.300. The first-order chi connectivity index (χ1) is 11.9. The van der Waals surface area contributed by atoms with Crippen molar-refractivity contribution in [2.45, 2.75) is 27.7 Å². The summed E-state index contributed by atoms with van der Waals surface area (Å²) in [6.45, 7) is 8.25. The van der Waals surface area contributed by atoms with Crippen LogP contribution in [0.1, 0.15) is 29.2 Å². The van der Waals surface area contributed by atoms with Crippen LogP contribution in [0.5, 0.6) is 11.5 Å². The van der Waals surface area contributed by atoms with Crippen molar-refractivity contribution in [3.8, 4) is 11.5 Å². The zero-order valence-corrected chi connectivity index (χ0v) is 15.1. The van der Waals surface area contributed by atoms with Crippen LogP contribution in [0.15, 0.2) is 35.3 Å². The molecule has 1 amide bonds.